The van der Waals surface area contributed by atoms with Crippen LogP contribution in [0.1, 0.15) is 24.8 Å². The van der Waals surface area contributed by atoms with Crippen LogP contribution in [-0.4, -0.2) is 40.4 Å². The van der Waals surface area contributed by atoms with Crippen molar-refractivity contribution in [2.45, 2.75) is 25.3 Å². The number of amidine groups is 1. The molecule has 0 spiro atoms. The molecule has 1 aliphatic rings. The Morgan fingerprint density at radius 3 is 2.95 bits per heavy atom. The quantitative estimate of drug-likeness (QED) is 0.497. The molecule has 8 heteroatoms. The fourth-order valence-corrected chi connectivity index (χ4v) is 3.06. The van der Waals surface area contributed by atoms with Gasteiger partial charge >= 0.3 is 6.09 Å². The molecule has 2 heterocycles. The van der Waals surface area contributed by atoms with Crippen LogP contribution in [0.25, 0.3) is 0 Å². The van der Waals surface area contributed by atoms with Crippen LogP contribution in [0, 0.1) is 5.41 Å². The summed E-state index contributed by atoms with van der Waals surface area (Å²) in [6, 6.07) is 1.38. The predicted molar refractivity (Wildman–Crippen MR) is 76.3 cm³/mol. The van der Waals surface area contributed by atoms with Gasteiger partial charge in [0, 0.05) is 30.0 Å². The van der Waals surface area contributed by atoms with Crippen molar-refractivity contribution in [1.29, 1.82) is 5.41 Å². The van der Waals surface area contributed by atoms with Crippen molar-refractivity contribution in [2.75, 3.05) is 11.9 Å². The number of nitrogens with zero attached hydrogens (tertiary/aromatic N) is 1. The second-order valence-corrected chi connectivity index (χ2v) is 5.55. The maximum Gasteiger partial charge on any atom is 0.407 e. The molecule has 5 N–H and O–H groups in total. The molecule has 2 rings (SSSR count). The fourth-order valence-electron chi connectivity index (χ4n) is 2.25. The van der Waals surface area contributed by atoms with Gasteiger partial charge in [0.25, 0.3) is 0 Å². The molecule has 0 saturated carbocycles. The maximum atomic E-state index is 11.9. The molecule has 1 aromatic rings. The van der Waals surface area contributed by atoms with Gasteiger partial charge in [0.05, 0.1) is 5.00 Å². The maximum absolute atomic E-state index is 11.9. The molecule has 1 aromatic heterocycles. The second-order valence-electron chi connectivity index (χ2n) is 4.64. The summed E-state index contributed by atoms with van der Waals surface area (Å²) < 4.78 is 0. The van der Waals surface area contributed by atoms with Gasteiger partial charge in [0.1, 0.15) is 5.84 Å². The number of amides is 2. The van der Waals surface area contributed by atoms with E-state index in [0.29, 0.717) is 23.5 Å². The molecule has 20 heavy (non-hydrogen) atoms. The van der Waals surface area contributed by atoms with Gasteiger partial charge in [-0.2, -0.15) is 0 Å². The Hall–Kier alpha value is -2.09. The van der Waals surface area contributed by atoms with Gasteiger partial charge in [-0.1, -0.05) is 0 Å². The van der Waals surface area contributed by atoms with Crippen LogP contribution in [0.2, 0.25) is 0 Å². The lowest BCUT2D eigenvalue weighted by Gasteiger charge is -2.20. The molecule has 7 nitrogen and oxygen atoms in total. The molecule has 1 saturated heterocycles. The number of hydrogen-bond donors (Lipinski definition) is 4. The molecular weight excluding hydrogens is 280 g/mol. The Morgan fingerprint density at radius 2 is 2.35 bits per heavy atom. The summed E-state index contributed by atoms with van der Waals surface area (Å²) in [6.45, 7) is 0.487. The van der Waals surface area contributed by atoms with Gasteiger partial charge < -0.3 is 21.1 Å². The lowest BCUT2D eigenvalue weighted by molar-refractivity contribution is -0.117. The van der Waals surface area contributed by atoms with Crippen LogP contribution >= 0.6 is 11.3 Å². The van der Waals surface area contributed by atoms with Crippen LogP contribution in [0.15, 0.2) is 11.4 Å². The van der Waals surface area contributed by atoms with Gasteiger partial charge in [0.15, 0.2) is 0 Å². The van der Waals surface area contributed by atoms with Crippen molar-refractivity contribution in [3.8, 4) is 0 Å². The van der Waals surface area contributed by atoms with Crippen molar-refractivity contribution in [2.24, 2.45) is 5.73 Å². The third-order valence-electron chi connectivity index (χ3n) is 3.22. The summed E-state index contributed by atoms with van der Waals surface area (Å²) in [6.07, 6.45) is 0.676. The molecule has 1 fully saturated rings. The van der Waals surface area contributed by atoms with E-state index < -0.39 is 6.09 Å². The highest BCUT2D eigenvalue weighted by atomic mass is 32.1. The topological polar surface area (TPSA) is 120 Å². The fraction of sp³-hybridized carbons (Fsp3) is 0.417. The number of carbonyl (C=O) groups is 2. The first-order chi connectivity index (χ1) is 9.47. The molecule has 0 radical (unpaired) electrons. The zero-order valence-corrected chi connectivity index (χ0v) is 11.6. The van der Waals surface area contributed by atoms with Crippen molar-refractivity contribution in [3.63, 3.8) is 0 Å². The first-order valence-electron chi connectivity index (χ1n) is 6.19. The smallest absolute Gasteiger partial charge is 0.407 e. The number of carboxylic acid groups (broad SMARTS) is 1. The van der Waals surface area contributed by atoms with E-state index in [4.69, 9.17) is 16.2 Å². The molecular formula is C12H16N4O3S. The van der Waals surface area contributed by atoms with Crippen molar-refractivity contribution in [1.82, 2.24) is 4.90 Å². The van der Waals surface area contributed by atoms with E-state index in [-0.39, 0.29) is 24.2 Å². The Bertz CT molecular complexity index is 543. The number of anilines is 1. The minimum Gasteiger partial charge on any atom is -0.465 e. The van der Waals surface area contributed by atoms with Crippen molar-refractivity contribution in [3.05, 3.63) is 17.0 Å². The van der Waals surface area contributed by atoms with Crippen molar-refractivity contribution < 1.29 is 14.7 Å². The molecule has 0 aromatic carbocycles. The normalized spacial score (nSPS) is 18.0. The molecule has 0 aliphatic carbocycles. The SMILES string of the molecule is N=C(N)c1csc(NC(=O)C[C@@H]2CCCN2C(=O)O)c1. The summed E-state index contributed by atoms with van der Waals surface area (Å²) >= 11 is 1.29. The highest BCUT2D eigenvalue weighted by Crippen LogP contribution is 2.23. The zero-order valence-electron chi connectivity index (χ0n) is 10.8. The molecule has 2 amide bonds. The van der Waals surface area contributed by atoms with Gasteiger partial charge in [-0.15, -0.1) is 11.3 Å². The zero-order chi connectivity index (χ0) is 14.7. The standard InChI is InChI=1S/C12H16N4O3S/c13-11(14)7-4-10(20-6-7)15-9(17)5-8-2-1-3-16(8)12(18)19/h4,6,8H,1-3,5H2,(H3,13,14)(H,15,17)(H,18,19)/t8-/m0/s1. The molecule has 1 atom stereocenters. The predicted octanol–water partition coefficient (Wildman–Crippen LogP) is 1.50. The number of rotatable bonds is 4. The number of thiophene rings is 1. The van der Waals surface area contributed by atoms with E-state index in [1.807, 2.05) is 0 Å². The summed E-state index contributed by atoms with van der Waals surface area (Å²) in [5, 5.41) is 21.3. The molecule has 0 bridgehead atoms. The number of likely N-dealkylation sites (tertiary alicyclic amines) is 1. The number of nitrogen functional groups attached to an aromatic ring is 1. The summed E-state index contributed by atoms with van der Waals surface area (Å²) in [7, 11) is 0. The first-order valence-corrected chi connectivity index (χ1v) is 7.07. The van der Waals surface area contributed by atoms with Gasteiger partial charge in [-0.05, 0) is 18.9 Å². The Morgan fingerprint density at radius 1 is 1.60 bits per heavy atom. The van der Waals surface area contributed by atoms with Crippen molar-refractivity contribution >= 4 is 34.2 Å². The lowest BCUT2D eigenvalue weighted by atomic mass is 10.1. The summed E-state index contributed by atoms with van der Waals surface area (Å²) in [5.41, 5.74) is 5.91. The minimum atomic E-state index is -0.977. The minimum absolute atomic E-state index is 0.0467. The number of nitrogens with two attached hydrogens (primary N) is 1. The number of hydrogen-bond acceptors (Lipinski definition) is 4. The highest BCUT2D eigenvalue weighted by Gasteiger charge is 2.30. The van der Waals surface area contributed by atoms with Gasteiger partial charge in [0.2, 0.25) is 5.91 Å². The third-order valence-corrected chi connectivity index (χ3v) is 4.06. The molecule has 108 valence electrons. The number of carbonyl (C=O) groups excluding carboxylic acids is 1. The molecule has 0 unspecified atom stereocenters. The van der Waals surface area contributed by atoms with E-state index >= 15 is 0 Å². The van der Waals surface area contributed by atoms with E-state index in [1.54, 1.807) is 11.4 Å². The molecule has 1 aliphatic heterocycles. The summed E-state index contributed by atoms with van der Waals surface area (Å²) in [5.74, 6) is -0.269. The Labute approximate surface area is 119 Å². The Kier molecular flexibility index (Phi) is 4.23. The average molecular weight is 296 g/mol. The van der Waals surface area contributed by atoms with E-state index in [2.05, 4.69) is 5.32 Å². The first kappa shape index (κ1) is 14.3. The van der Waals surface area contributed by atoms with Crippen LogP contribution in [-0.2, 0) is 4.79 Å². The average Bonchev–Trinajstić information content (AvgIpc) is 2.97. The Balaban J connectivity index is 1.91. The van der Waals surface area contributed by atoms with E-state index in [9.17, 15) is 9.59 Å². The van der Waals surface area contributed by atoms with Crippen LogP contribution in [0.4, 0.5) is 9.80 Å². The number of nitrogens with one attached hydrogen (secondary N) is 2. The van der Waals surface area contributed by atoms with Crippen LogP contribution < -0.4 is 11.1 Å². The monoisotopic (exact) mass is 296 g/mol. The third kappa shape index (κ3) is 3.27. The highest BCUT2D eigenvalue weighted by molar-refractivity contribution is 7.14. The second kappa shape index (κ2) is 5.91. The van der Waals surface area contributed by atoms with Crippen LogP contribution in [0.5, 0.6) is 0 Å². The van der Waals surface area contributed by atoms with Gasteiger partial charge in [-0.3, -0.25) is 10.2 Å². The van der Waals surface area contributed by atoms with Crippen LogP contribution in [0.3, 0.4) is 0 Å². The largest absolute Gasteiger partial charge is 0.465 e. The summed E-state index contributed by atoms with van der Waals surface area (Å²) in [4.78, 5) is 24.2. The lowest BCUT2D eigenvalue weighted by Crippen LogP contribution is -2.36. The van der Waals surface area contributed by atoms with E-state index in [0.717, 1.165) is 6.42 Å². The van der Waals surface area contributed by atoms with E-state index in [1.165, 1.54) is 16.2 Å². The van der Waals surface area contributed by atoms with Gasteiger partial charge in [-0.25, -0.2) is 4.79 Å².